The highest BCUT2D eigenvalue weighted by atomic mass is 79.9. The van der Waals surface area contributed by atoms with Crippen LogP contribution in [0.15, 0.2) is 15.0 Å². The Morgan fingerprint density at radius 2 is 1.60 bits per heavy atom. The lowest BCUT2D eigenvalue weighted by molar-refractivity contribution is 0.107. The molecule has 15 heavy (non-hydrogen) atoms. The van der Waals surface area contributed by atoms with Crippen LogP contribution in [0.2, 0.25) is 0 Å². The first-order chi connectivity index (χ1) is 7.02. The molecule has 0 amide bonds. The highest BCUT2D eigenvalue weighted by molar-refractivity contribution is 9.11. The van der Waals surface area contributed by atoms with Gasteiger partial charge >= 0.3 is 0 Å². The van der Waals surface area contributed by atoms with Crippen LogP contribution in [0.5, 0.6) is 11.5 Å². The summed E-state index contributed by atoms with van der Waals surface area (Å²) in [6.07, 6.45) is 0. The third-order valence-electron chi connectivity index (χ3n) is 1.75. The fourth-order valence-electron chi connectivity index (χ4n) is 1.16. The van der Waals surface area contributed by atoms with Gasteiger partial charge in [0.05, 0.1) is 23.2 Å². The highest BCUT2D eigenvalue weighted by Crippen LogP contribution is 2.41. The van der Waals surface area contributed by atoms with Crippen molar-refractivity contribution >= 4 is 48.7 Å². The maximum Gasteiger partial charge on any atom is 0.260 e. The second-order valence-electron chi connectivity index (χ2n) is 2.56. The predicted octanol–water partition coefficient (Wildman–Crippen LogP) is 3.61. The van der Waals surface area contributed by atoms with Gasteiger partial charge in [0.2, 0.25) is 0 Å². The van der Waals surface area contributed by atoms with Gasteiger partial charge in [-0.1, -0.05) is 0 Å². The lowest BCUT2D eigenvalue weighted by atomic mass is 10.2. The molecular weight excluding hydrogens is 351 g/mol. The lowest BCUT2D eigenvalue weighted by Crippen LogP contribution is -2.01. The minimum atomic E-state index is -0.634. The van der Waals surface area contributed by atoms with E-state index in [4.69, 9.17) is 21.1 Å². The second-order valence-corrected chi connectivity index (χ2v) is 4.61. The van der Waals surface area contributed by atoms with Gasteiger partial charge in [0.1, 0.15) is 17.1 Å². The average Bonchev–Trinajstić information content (AvgIpc) is 2.16. The van der Waals surface area contributed by atoms with Crippen molar-refractivity contribution in [3.63, 3.8) is 0 Å². The van der Waals surface area contributed by atoms with E-state index in [1.54, 1.807) is 6.07 Å². The summed E-state index contributed by atoms with van der Waals surface area (Å²) < 4.78 is 11.4. The highest BCUT2D eigenvalue weighted by Gasteiger charge is 2.22. The first kappa shape index (κ1) is 12.8. The largest absolute Gasteiger partial charge is 0.495 e. The van der Waals surface area contributed by atoms with Crippen LogP contribution in [0.1, 0.15) is 10.4 Å². The van der Waals surface area contributed by atoms with Crippen molar-refractivity contribution in [2.24, 2.45) is 0 Å². The van der Waals surface area contributed by atoms with Crippen LogP contribution in [-0.2, 0) is 0 Å². The van der Waals surface area contributed by atoms with E-state index in [2.05, 4.69) is 31.9 Å². The molecule has 0 aromatic heterocycles. The Kier molecular flexibility index (Phi) is 4.43. The van der Waals surface area contributed by atoms with Gasteiger partial charge in [0, 0.05) is 0 Å². The molecule has 0 radical (unpaired) electrons. The minimum absolute atomic E-state index is 0.197. The van der Waals surface area contributed by atoms with Crippen molar-refractivity contribution in [1.29, 1.82) is 0 Å². The summed E-state index contributed by atoms with van der Waals surface area (Å²) in [7, 11) is 2.91. The molecule has 0 saturated carbocycles. The van der Waals surface area contributed by atoms with E-state index < -0.39 is 5.24 Å². The van der Waals surface area contributed by atoms with Gasteiger partial charge in [-0.3, -0.25) is 4.79 Å². The van der Waals surface area contributed by atoms with Crippen LogP contribution in [0.25, 0.3) is 0 Å². The summed E-state index contributed by atoms with van der Waals surface area (Å²) in [4.78, 5) is 11.3. The van der Waals surface area contributed by atoms with E-state index in [9.17, 15) is 4.79 Å². The van der Waals surface area contributed by atoms with Gasteiger partial charge in [-0.25, -0.2) is 0 Å². The number of ether oxygens (including phenoxy) is 2. The van der Waals surface area contributed by atoms with E-state index in [1.807, 2.05) is 0 Å². The van der Waals surface area contributed by atoms with Gasteiger partial charge in [-0.15, -0.1) is 0 Å². The summed E-state index contributed by atoms with van der Waals surface area (Å²) in [6, 6.07) is 1.72. The van der Waals surface area contributed by atoms with Crippen molar-refractivity contribution in [1.82, 2.24) is 0 Å². The van der Waals surface area contributed by atoms with Gasteiger partial charge in [-0.05, 0) is 49.5 Å². The van der Waals surface area contributed by atoms with Crippen molar-refractivity contribution in [2.75, 3.05) is 14.2 Å². The molecule has 0 unspecified atom stereocenters. The summed E-state index contributed by atoms with van der Waals surface area (Å²) >= 11 is 12.0. The van der Waals surface area contributed by atoms with Crippen LogP contribution in [0.4, 0.5) is 0 Å². The number of hydrogen-bond acceptors (Lipinski definition) is 3. The third-order valence-corrected chi connectivity index (χ3v) is 3.11. The number of carbonyl (C=O) groups is 1. The van der Waals surface area contributed by atoms with Gasteiger partial charge < -0.3 is 9.47 Å². The molecule has 1 aromatic rings. The molecule has 0 aliphatic carbocycles. The molecule has 0 heterocycles. The van der Waals surface area contributed by atoms with Crippen molar-refractivity contribution in [3.05, 3.63) is 20.6 Å². The lowest BCUT2D eigenvalue weighted by Gasteiger charge is -2.13. The molecule has 0 bridgehead atoms. The summed E-state index contributed by atoms with van der Waals surface area (Å²) in [6.45, 7) is 0. The molecule has 6 heteroatoms. The minimum Gasteiger partial charge on any atom is -0.495 e. The topological polar surface area (TPSA) is 35.5 Å². The first-order valence-electron chi connectivity index (χ1n) is 3.82. The van der Waals surface area contributed by atoms with Crippen molar-refractivity contribution < 1.29 is 14.3 Å². The SMILES string of the molecule is COc1c(Br)cc(Br)c(OC)c1C(=O)Cl. The average molecular weight is 358 g/mol. The predicted molar refractivity (Wildman–Crippen MR) is 65.1 cm³/mol. The number of rotatable bonds is 3. The Balaban J connectivity index is 3.58. The molecule has 1 aromatic carbocycles. The first-order valence-corrected chi connectivity index (χ1v) is 5.79. The van der Waals surface area contributed by atoms with Gasteiger partial charge in [0.15, 0.2) is 0 Å². The number of carbonyl (C=O) groups excluding carboxylic acids is 1. The Hall–Kier alpha value is -0.260. The van der Waals surface area contributed by atoms with Crippen molar-refractivity contribution in [3.8, 4) is 11.5 Å². The van der Waals surface area contributed by atoms with Gasteiger partial charge in [0.25, 0.3) is 5.24 Å². The third kappa shape index (κ3) is 2.46. The number of methoxy groups -OCH3 is 2. The maximum absolute atomic E-state index is 11.3. The molecule has 0 saturated heterocycles. The fraction of sp³-hybridized carbons (Fsp3) is 0.222. The Morgan fingerprint density at radius 3 is 1.87 bits per heavy atom. The summed E-state index contributed by atoms with van der Waals surface area (Å²) in [5, 5.41) is -0.634. The zero-order valence-electron chi connectivity index (χ0n) is 7.94. The fourth-order valence-corrected chi connectivity index (χ4v) is 2.82. The zero-order chi connectivity index (χ0) is 11.6. The Labute approximate surface area is 109 Å². The quantitative estimate of drug-likeness (QED) is 0.775. The smallest absolute Gasteiger partial charge is 0.260 e. The molecule has 1 rings (SSSR count). The number of benzene rings is 1. The molecule has 0 N–H and O–H groups in total. The molecule has 0 aliphatic heterocycles. The van der Waals surface area contributed by atoms with Crippen LogP contribution < -0.4 is 9.47 Å². The van der Waals surface area contributed by atoms with E-state index >= 15 is 0 Å². The zero-order valence-corrected chi connectivity index (χ0v) is 11.9. The van der Waals surface area contributed by atoms with Crippen LogP contribution >= 0.6 is 43.5 Å². The maximum atomic E-state index is 11.3. The molecule has 0 aliphatic rings. The molecular formula is C9H7Br2ClO3. The number of halogens is 3. The van der Waals surface area contributed by atoms with Crippen LogP contribution in [0, 0.1) is 0 Å². The van der Waals surface area contributed by atoms with E-state index in [1.165, 1.54) is 14.2 Å². The molecule has 0 spiro atoms. The summed E-state index contributed by atoms with van der Waals surface area (Å²) in [5.74, 6) is 0.713. The van der Waals surface area contributed by atoms with E-state index in [-0.39, 0.29) is 5.56 Å². The van der Waals surface area contributed by atoms with Crippen LogP contribution in [0.3, 0.4) is 0 Å². The molecule has 0 fully saturated rings. The van der Waals surface area contributed by atoms with Crippen molar-refractivity contribution in [2.45, 2.75) is 0 Å². The Bertz CT molecular complexity index is 379. The normalized spacial score (nSPS) is 9.93. The van der Waals surface area contributed by atoms with E-state index in [0.29, 0.717) is 20.4 Å². The molecule has 0 atom stereocenters. The summed E-state index contributed by atoms with van der Waals surface area (Å²) in [5.41, 5.74) is 0.197. The molecule has 3 nitrogen and oxygen atoms in total. The van der Waals surface area contributed by atoms with E-state index in [0.717, 1.165) is 0 Å². The number of hydrogen-bond donors (Lipinski definition) is 0. The van der Waals surface area contributed by atoms with Crippen LogP contribution in [-0.4, -0.2) is 19.5 Å². The Morgan fingerprint density at radius 1 is 1.20 bits per heavy atom. The van der Waals surface area contributed by atoms with Gasteiger partial charge in [-0.2, -0.15) is 0 Å². The molecule has 82 valence electrons. The standard InChI is InChI=1S/C9H7Br2ClO3/c1-14-7-4(10)3-5(11)8(15-2)6(7)9(12)13/h3H,1-2H3. The monoisotopic (exact) mass is 356 g/mol. The second kappa shape index (κ2) is 5.18.